The van der Waals surface area contributed by atoms with Gasteiger partial charge < -0.3 is 10.2 Å². The van der Waals surface area contributed by atoms with Crippen LogP contribution in [0.1, 0.15) is 26.7 Å². The zero-order valence-corrected chi connectivity index (χ0v) is 9.69. The van der Waals surface area contributed by atoms with Crippen molar-refractivity contribution < 1.29 is 32.8 Å². The summed E-state index contributed by atoms with van der Waals surface area (Å²) in [6.07, 6.45) is -1.63. The van der Waals surface area contributed by atoms with Gasteiger partial charge in [-0.15, -0.1) is 0 Å². The molecule has 0 heterocycles. The Balaban J connectivity index is 0. The van der Waals surface area contributed by atoms with Gasteiger partial charge >= 0.3 is 41.5 Å². The first kappa shape index (κ1) is 19.2. The molecule has 1 unspecified atom stereocenters. The third-order valence-electron chi connectivity index (χ3n) is 2.06. The molecule has 0 fully saturated rings. The molecule has 0 aliphatic heterocycles. The number of carbonyl (C=O) groups is 2. The zero-order chi connectivity index (χ0) is 13.1. The third kappa shape index (κ3) is 4.92. The summed E-state index contributed by atoms with van der Waals surface area (Å²) in [7, 11) is -5.00. The molecule has 3 N–H and O–H groups in total. The van der Waals surface area contributed by atoms with Gasteiger partial charge in [0.25, 0.3) is 10.1 Å². The molecule has 0 aliphatic carbocycles. The van der Waals surface area contributed by atoms with Crippen molar-refractivity contribution in [2.24, 2.45) is 5.92 Å². The Hall–Kier alpha value is -0.150. The summed E-state index contributed by atoms with van der Waals surface area (Å²) < 4.78 is 28.4. The Morgan fingerprint density at radius 2 is 1.65 bits per heavy atom. The van der Waals surface area contributed by atoms with Gasteiger partial charge in [-0.1, -0.05) is 13.8 Å². The molecule has 0 aromatic heterocycles. The first-order chi connectivity index (χ1) is 7.03. The second-order valence-corrected chi connectivity index (χ2v) is 5.67. The predicted molar refractivity (Wildman–Crippen MR) is 60.8 cm³/mol. The maximum atomic E-state index is 11.1. The van der Waals surface area contributed by atoms with Gasteiger partial charge in [0.05, 0.1) is 6.42 Å². The number of hydrogen-bond acceptors (Lipinski definition) is 4. The van der Waals surface area contributed by atoms with E-state index in [1.54, 1.807) is 0 Å². The standard InChI is InChI=1S/C8H14O7S.Na.H/c1-5(2)3-8(7(11)12,4-6(9)10)16(13,14)15;;/h5H,3-4H2,1-2H3,(H,9,10)(H,11,12)(H,13,14,15);;. The van der Waals surface area contributed by atoms with Crippen molar-refractivity contribution in [3.63, 3.8) is 0 Å². The second kappa shape index (κ2) is 6.69. The molecule has 0 radical (unpaired) electrons. The Labute approximate surface area is 121 Å². The van der Waals surface area contributed by atoms with Crippen molar-refractivity contribution in [2.45, 2.75) is 31.4 Å². The number of hydrogen-bond donors (Lipinski definition) is 3. The molecule has 9 heteroatoms. The molecule has 0 saturated heterocycles. The number of aliphatic carboxylic acids is 2. The minimum absolute atomic E-state index is 0. The molecule has 0 aromatic carbocycles. The van der Waals surface area contributed by atoms with E-state index in [1.807, 2.05) is 0 Å². The molecule has 0 aromatic rings. The average Bonchev–Trinajstić information content (AvgIpc) is 1.97. The van der Waals surface area contributed by atoms with Gasteiger partial charge in [0.1, 0.15) is 0 Å². The van der Waals surface area contributed by atoms with Gasteiger partial charge in [-0.2, -0.15) is 8.42 Å². The zero-order valence-electron chi connectivity index (χ0n) is 8.87. The van der Waals surface area contributed by atoms with Crippen LogP contribution in [0.2, 0.25) is 0 Å². The van der Waals surface area contributed by atoms with E-state index in [2.05, 4.69) is 0 Å². The van der Waals surface area contributed by atoms with E-state index in [0.717, 1.165) is 0 Å². The fourth-order valence-electron chi connectivity index (χ4n) is 1.45. The Morgan fingerprint density at radius 1 is 1.24 bits per heavy atom. The van der Waals surface area contributed by atoms with Gasteiger partial charge in [0.2, 0.25) is 4.75 Å². The van der Waals surface area contributed by atoms with Crippen LogP contribution in [0.5, 0.6) is 0 Å². The Kier molecular flexibility index (Phi) is 7.56. The molecule has 0 bridgehead atoms. The van der Waals surface area contributed by atoms with Crippen LogP contribution in [0.4, 0.5) is 0 Å². The summed E-state index contributed by atoms with van der Waals surface area (Å²) in [5.41, 5.74) is 0. The van der Waals surface area contributed by atoms with Crippen molar-refractivity contribution in [3.8, 4) is 0 Å². The summed E-state index contributed by atoms with van der Waals surface area (Å²) in [5.74, 6) is -3.84. The molecular formula is C8H15NaO7S. The van der Waals surface area contributed by atoms with Crippen molar-refractivity contribution >= 4 is 51.6 Å². The quantitative estimate of drug-likeness (QED) is 0.444. The fraction of sp³-hybridized carbons (Fsp3) is 0.750. The van der Waals surface area contributed by atoms with Crippen LogP contribution >= 0.6 is 0 Å². The Morgan fingerprint density at radius 3 is 1.82 bits per heavy atom. The first-order valence-corrected chi connectivity index (χ1v) is 5.89. The van der Waals surface area contributed by atoms with Crippen LogP contribution in [0, 0.1) is 5.92 Å². The van der Waals surface area contributed by atoms with Crippen LogP contribution < -0.4 is 0 Å². The molecule has 0 spiro atoms. The van der Waals surface area contributed by atoms with E-state index in [4.69, 9.17) is 14.8 Å². The van der Waals surface area contributed by atoms with E-state index in [9.17, 15) is 18.0 Å². The van der Waals surface area contributed by atoms with Crippen LogP contribution in [0.3, 0.4) is 0 Å². The molecule has 7 nitrogen and oxygen atoms in total. The molecule has 0 aliphatic rings. The van der Waals surface area contributed by atoms with E-state index in [0.29, 0.717) is 0 Å². The van der Waals surface area contributed by atoms with Crippen molar-refractivity contribution in [3.05, 3.63) is 0 Å². The van der Waals surface area contributed by atoms with E-state index in [1.165, 1.54) is 13.8 Å². The van der Waals surface area contributed by atoms with Gasteiger partial charge in [-0.3, -0.25) is 14.1 Å². The van der Waals surface area contributed by atoms with E-state index < -0.39 is 45.6 Å². The number of rotatable bonds is 6. The van der Waals surface area contributed by atoms with Crippen LogP contribution in [0.15, 0.2) is 0 Å². The molecule has 0 rings (SSSR count). The maximum absolute atomic E-state index is 11.1. The van der Waals surface area contributed by atoms with Gasteiger partial charge in [0, 0.05) is 0 Å². The van der Waals surface area contributed by atoms with Crippen molar-refractivity contribution in [2.75, 3.05) is 0 Å². The predicted octanol–water partition coefficient (Wildman–Crippen LogP) is -0.430. The average molecular weight is 278 g/mol. The Bertz CT molecular complexity index is 389. The summed E-state index contributed by atoms with van der Waals surface area (Å²) in [4.78, 5) is 21.4. The molecular weight excluding hydrogens is 263 g/mol. The molecule has 0 saturated carbocycles. The topological polar surface area (TPSA) is 129 Å². The van der Waals surface area contributed by atoms with Gasteiger partial charge in [0.15, 0.2) is 0 Å². The van der Waals surface area contributed by atoms with Crippen LogP contribution in [0.25, 0.3) is 0 Å². The minimum atomic E-state index is -5.00. The normalized spacial score (nSPS) is 14.8. The molecule has 17 heavy (non-hydrogen) atoms. The van der Waals surface area contributed by atoms with Crippen LogP contribution in [-0.4, -0.2) is 69.4 Å². The van der Waals surface area contributed by atoms with Crippen molar-refractivity contribution in [1.82, 2.24) is 0 Å². The number of carboxylic acid groups (broad SMARTS) is 2. The van der Waals surface area contributed by atoms with E-state index >= 15 is 0 Å². The van der Waals surface area contributed by atoms with Gasteiger partial charge in [-0.05, 0) is 12.3 Å². The monoisotopic (exact) mass is 278 g/mol. The SMILES string of the molecule is CC(C)CC(CC(=O)O)(C(=O)O)S(=O)(=O)O.[NaH]. The second-order valence-electron chi connectivity index (χ2n) is 3.94. The summed E-state index contributed by atoms with van der Waals surface area (Å²) in [5, 5.41) is 17.4. The van der Waals surface area contributed by atoms with Gasteiger partial charge in [-0.25, -0.2) is 0 Å². The molecule has 96 valence electrons. The van der Waals surface area contributed by atoms with Crippen LogP contribution in [-0.2, 0) is 19.7 Å². The third-order valence-corrected chi connectivity index (χ3v) is 3.53. The fourth-order valence-corrected chi connectivity index (χ4v) is 2.52. The summed E-state index contributed by atoms with van der Waals surface area (Å²) in [6.45, 7) is 3.06. The van der Waals surface area contributed by atoms with Crippen molar-refractivity contribution in [1.29, 1.82) is 0 Å². The van der Waals surface area contributed by atoms with E-state index in [-0.39, 0.29) is 29.6 Å². The summed E-state index contributed by atoms with van der Waals surface area (Å²) in [6, 6.07) is 0. The summed E-state index contributed by atoms with van der Waals surface area (Å²) >= 11 is 0. The molecule has 0 amide bonds. The molecule has 1 atom stereocenters. The first-order valence-electron chi connectivity index (χ1n) is 4.45. The number of carboxylic acids is 2.